The lowest BCUT2D eigenvalue weighted by molar-refractivity contribution is 1.70. The number of hydrogen-bond donors (Lipinski definition) is 0. The summed E-state index contributed by atoms with van der Waals surface area (Å²) in [5, 5.41) is 28.4. The topological polar surface area (TPSA) is 0 Å². The number of benzene rings is 14. The first-order valence-electron chi connectivity index (χ1n) is 21.7. The van der Waals surface area contributed by atoms with E-state index in [1.54, 1.807) is 0 Å². The summed E-state index contributed by atoms with van der Waals surface area (Å²) in [6, 6.07) is 82.0. The van der Waals surface area contributed by atoms with Crippen LogP contribution in [0.5, 0.6) is 0 Å². The Morgan fingerprint density at radius 3 is 0.581 bits per heavy atom. The van der Waals surface area contributed by atoms with Crippen LogP contribution in [0.25, 0.3) is 141 Å². The molecule has 0 heteroatoms. The summed E-state index contributed by atoms with van der Waals surface area (Å²) < 4.78 is 0. The van der Waals surface area contributed by atoms with Crippen molar-refractivity contribution >= 4 is 118 Å². The summed E-state index contributed by atoms with van der Waals surface area (Å²) in [6.45, 7) is 0. The van der Waals surface area contributed by atoms with Gasteiger partial charge in [-0.3, -0.25) is 0 Å². The second kappa shape index (κ2) is 12.7. The molecule has 0 bridgehead atoms. The van der Waals surface area contributed by atoms with Crippen LogP contribution in [-0.4, -0.2) is 0 Å². The lowest BCUT2D eigenvalue weighted by Crippen LogP contribution is -1.90. The zero-order valence-electron chi connectivity index (χ0n) is 33.8. The third-order valence-corrected chi connectivity index (χ3v) is 14.0. The van der Waals surface area contributed by atoms with E-state index in [0.29, 0.717) is 0 Å². The number of hydrogen-bond acceptors (Lipinski definition) is 0. The fraction of sp³-hybridized carbons (Fsp3) is 0. The molecule has 284 valence electrons. The largest absolute Gasteiger partial charge is 0.0616 e. The molecule has 0 spiro atoms. The Labute approximate surface area is 357 Å². The summed E-state index contributed by atoms with van der Waals surface area (Å²) in [5.41, 5.74) is 4.90. The molecular weight excluding hydrogens is 745 g/mol. The fourth-order valence-corrected chi connectivity index (χ4v) is 11.2. The van der Waals surface area contributed by atoms with Crippen molar-refractivity contribution in [3.05, 3.63) is 218 Å². The Morgan fingerprint density at radius 1 is 0.129 bits per heavy atom. The lowest BCUT2D eigenvalue weighted by Gasteiger charge is -2.18. The smallest absolute Gasteiger partial charge is 0.00137 e. The Bertz CT molecular complexity index is 3920. The maximum atomic E-state index is 2.47. The predicted molar refractivity (Wildman–Crippen MR) is 270 cm³/mol. The van der Waals surface area contributed by atoms with Crippen LogP contribution in [0.3, 0.4) is 0 Å². The van der Waals surface area contributed by atoms with E-state index in [-0.39, 0.29) is 0 Å². The van der Waals surface area contributed by atoms with Gasteiger partial charge in [0.15, 0.2) is 0 Å². The molecule has 0 heterocycles. The maximum absolute atomic E-state index is 2.47. The van der Waals surface area contributed by atoms with Gasteiger partial charge < -0.3 is 0 Å². The highest BCUT2D eigenvalue weighted by Crippen LogP contribution is 2.47. The van der Waals surface area contributed by atoms with Crippen LogP contribution in [0.2, 0.25) is 0 Å². The van der Waals surface area contributed by atoms with Gasteiger partial charge in [-0.15, -0.1) is 0 Å². The summed E-state index contributed by atoms with van der Waals surface area (Å²) >= 11 is 0. The van der Waals surface area contributed by atoms with E-state index in [9.17, 15) is 0 Å². The molecule has 0 aromatic heterocycles. The molecular formula is C62H36. The van der Waals surface area contributed by atoms with E-state index < -0.39 is 0 Å². The Hall–Kier alpha value is -8.06. The minimum Gasteiger partial charge on any atom is -0.0616 e. The van der Waals surface area contributed by atoms with Gasteiger partial charge in [-0.2, -0.15) is 0 Å². The molecule has 0 amide bonds. The van der Waals surface area contributed by atoms with Gasteiger partial charge in [0.1, 0.15) is 0 Å². The van der Waals surface area contributed by atoms with Crippen LogP contribution in [0, 0.1) is 0 Å². The molecule has 0 atom stereocenters. The molecule has 0 nitrogen and oxygen atoms in total. The molecule has 14 aromatic rings. The molecule has 0 fully saturated rings. The molecule has 0 radical (unpaired) electrons. The third kappa shape index (κ3) is 4.67. The molecule has 0 saturated heterocycles. The van der Waals surface area contributed by atoms with Crippen molar-refractivity contribution in [1.82, 2.24) is 0 Å². The van der Waals surface area contributed by atoms with Crippen molar-refractivity contribution in [2.24, 2.45) is 0 Å². The van der Waals surface area contributed by atoms with Gasteiger partial charge in [-0.05, 0) is 165 Å². The van der Waals surface area contributed by atoms with Gasteiger partial charge in [0.05, 0.1) is 0 Å². The average molecular weight is 781 g/mol. The van der Waals surface area contributed by atoms with Crippen molar-refractivity contribution in [1.29, 1.82) is 0 Å². The zero-order chi connectivity index (χ0) is 40.5. The van der Waals surface area contributed by atoms with E-state index in [1.165, 1.54) is 141 Å². The van der Waals surface area contributed by atoms with Crippen molar-refractivity contribution in [2.45, 2.75) is 0 Å². The third-order valence-electron chi connectivity index (χ3n) is 14.0. The highest BCUT2D eigenvalue weighted by atomic mass is 14.2. The van der Waals surface area contributed by atoms with Crippen LogP contribution in [-0.2, 0) is 0 Å². The second-order valence-electron chi connectivity index (χ2n) is 17.1. The molecule has 0 aliphatic carbocycles. The first-order chi connectivity index (χ1) is 30.8. The van der Waals surface area contributed by atoms with Crippen molar-refractivity contribution < 1.29 is 0 Å². The normalized spacial score (nSPS) is 12.2. The minimum absolute atomic E-state index is 1.22. The standard InChI is InChI=1S/C62H36/c1-3-17-45-41(13-1)43-15-5-7-21-49(43)57-33-37(25-29-51(45)57)39-27-31-53-47-19-9-12-24-56(47)62-60-36-40(28-32-54(60)48-20-10-11-23-55(48)61(62)59(53)35-39)38-26-30-52-46-18-4-2-14-42(46)44-16-6-8-22-50(44)58(52)34-38/h1-36H. The van der Waals surface area contributed by atoms with Crippen LogP contribution in [0.1, 0.15) is 0 Å². The number of fused-ring (bicyclic) bond motifs is 23. The van der Waals surface area contributed by atoms with E-state index in [2.05, 4.69) is 218 Å². The zero-order valence-corrected chi connectivity index (χ0v) is 33.8. The van der Waals surface area contributed by atoms with Gasteiger partial charge in [-0.1, -0.05) is 194 Å². The van der Waals surface area contributed by atoms with E-state index in [1.807, 2.05) is 0 Å². The predicted octanol–water partition coefficient (Wildman–Crippen LogP) is 17.7. The van der Waals surface area contributed by atoms with Crippen LogP contribution < -0.4 is 0 Å². The molecule has 0 N–H and O–H groups in total. The summed E-state index contributed by atoms with van der Waals surface area (Å²) in [7, 11) is 0. The Morgan fingerprint density at radius 2 is 0.306 bits per heavy atom. The highest BCUT2D eigenvalue weighted by Gasteiger charge is 2.18. The first-order valence-corrected chi connectivity index (χ1v) is 21.7. The van der Waals surface area contributed by atoms with Gasteiger partial charge in [0, 0.05) is 0 Å². The SMILES string of the molecule is c1ccc2c(c1)c1ccccc1c1cc(-c3ccc4c5ccccc5c5c6cc(-c7ccc8c9ccccc9c9ccccc9c8c7)ccc6c6ccccc6c5c4c3)ccc21. The molecule has 0 saturated carbocycles. The van der Waals surface area contributed by atoms with Gasteiger partial charge in [0.2, 0.25) is 0 Å². The van der Waals surface area contributed by atoms with Crippen molar-refractivity contribution in [3.8, 4) is 22.3 Å². The fourth-order valence-electron chi connectivity index (χ4n) is 11.2. The Balaban J connectivity index is 1.06. The van der Waals surface area contributed by atoms with Crippen molar-refractivity contribution in [3.63, 3.8) is 0 Å². The summed E-state index contributed by atoms with van der Waals surface area (Å²) in [4.78, 5) is 0. The summed E-state index contributed by atoms with van der Waals surface area (Å²) in [6.07, 6.45) is 0. The van der Waals surface area contributed by atoms with Crippen LogP contribution >= 0.6 is 0 Å². The van der Waals surface area contributed by atoms with E-state index >= 15 is 0 Å². The monoisotopic (exact) mass is 780 g/mol. The van der Waals surface area contributed by atoms with Gasteiger partial charge in [0.25, 0.3) is 0 Å². The van der Waals surface area contributed by atoms with Crippen LogP contribution in [0.4, 0.5) is 0 Å². The lowest BCUT2D eigenvalue weighted by atomic mass is 9.85. The molecule has 0 aliphatic heterocycles. The quantitative estimate of drug-likeness (QED) is 0.153. The Kier molecular flexibility index (Phi) is 6.92. The van der Waals surface area contributed by atoms with Crippen molar-refractivity contribution in [2.75, 3.05) is 0 Å². The first kappa shape index (κ1) is 33.7. The maximum Gasteiger partial charge on any atom is -0.00137 e. The van der Waals surface area contributed by atoms with E-state index in [0.717, 1.165) is 0 Å². The second-order valence-corrected chi connectivity index (χ2v) is 17.1. The molecule has 14 aromatic carbocycles. The van der Waals surface area contributed by atoms with Gasteiger partial charge >= 0.3 is 0 Å². The summed E-state index contributed by atoms with van der Waals surface area (Å²) in [5.74, 6) is 0. The number of rotatable bonds is 2. The average Bonchev–Trinajstić information content (AvgIpc) is 3.35. The highest BCUT2D eigenvalue weighted by molar-refractivity contribution is 6.40. The molecule has 62 heavy (non-hydrogen) atoms. The van der Waals surface area contributed by atoms with Gasteiger partial charge in [-0.25, -0.2) is 0 Å². The minimum atomic E-state index is 1.22. The molecule has 0 aliphatic rings. The molecule has 0 unspecified atom stereocenters. The van der Waals surface area contributed by atoms with E-state index in [4.69, 9.17) is 0 Å². The molecule has 14 rings (SSSR count). The van der Waals surface area contributed by atoms with Crippen LogP contribution in [0.15, 0.2) is 218 Å².